The Morgan fingerprint density at radius 1 is 1.42 bits per heavy atom. The molecule has 0 radical (unpaired) electrons. The van der Waals surface area contributed by atoms with Gasteiger partial charge in [-0.3, -0.25) is 10.1 Å². The van der Waals surface area contributed by atoms with Crippen LogP contribution in [0.5, 0.6) is 0 Å². The molecular formula is C12H12N4O3. The summed E-state index contributed by atoms with van der Waals surface area (Å²) in [6.45, 7) is 1.35. The Morgan fingerprint density at radius 3 is 3.05 bits per heavy atom. The van der Waals surface area contributed by atoms with E-state index in [4.69, 9.17) is 4.74 Å². The van der Waals surface area contributed by atoms with Crippen molar-refractivity contribution in [2.45, 2.75) is 12.5 Å². The molecule has 1 aromatic heterocycles. The lowest BCUT2D eigenvalue weighted by molar-refractivity contribution is -0.384. The van der Waals surface area contributed by atoms with Crippen LogP contribution in [0, 0.1) is 10.1 Å². The van der Waals surface area contributed by atoms with E-state index in [1.165, 1.54) is 18.5 Å². The Labute approximate surface area is 108 Å². The van der Waals surface area contributed by atoms with Gasteiger partial charge in [0.1, 0.15) is 12.1 Å². The number of hydrogen-bond acceptors (Lipinski definition) is 6. The van der Waals surface area contributed by atoms with Gasteiger partial charge in [0.25, 0.3) is 5.69 Å². The highest BCUT2D eigenvalue weighted by molar-refractivity contribution is 5.90. The molecule has 3 rings (SSSR count). The van der Waals surface area contributed by atoms with E-state index in [0.29, 0.717) is 23.3 Å². The number of ether oxygens (including phenoxy) is 1. The summed E-state index contributed by atoms with van der Waals surface area (Å²) >= 11 is 0. The van der Waals surface area contributed by atoms with Crippen molar-refractivity contribution in [2.75, 3.05) is 18.5 Å². The van der Waals surface area contributed by atoms with Crippen LogP contribution in [0.1, 0.15) is 6.42 Å². The lowest BCUT2D eigenvalue weighted by Crippen LogP contribution is -2.19. The van der Waals surface area contributed by atoms with Crippen LogP contribution in [0.25, 0.3) is 10.9 Å². The Bertz CT molecular complexity index is 625. The molecule has 0 saturated carbocycles. The topological polar surface area (TPSA) is 90.2 Å². The number of hydrogen-bond donors (Lipinski definition) is 1. The first-order chi connectivity index (χ1) is 9.24. The van der Waals surface area contributed by atoms with Crippen molar-refractivity contribution in [3.05, 3.63) is 34.6 Å². The number of aromatic nitrogens is 2. The molecule has 1 atom stereocenters. The third-order valence-corrected chi connectivity index (χ3v) is 3.10. The molecule has 7 heteroatoms. The second kappa shape index (κ2) is 4.77. The molecule has 0 bridgehead atoms. The van der Waals surface area contributed by atoms with Crippen molar-refractivity contribution in [3.8, 4) is 0 Å². The molecule has 2 aromatic rings. The lowest BCUT2D eigenvalue weighted by Gasteiger charge is -2.12. The molecule has 0 amide bonds. The van der Waals surface area contributed by atoms with E-state index >= 15 is 0 Å². The minimum absolute atomic E-state index is 0.0352. The van der Waals surface area contributed by atoms with Crippen LogP contribution < -0.4 is 5.32 Å². The molecule has 1 aromatic carbocycles. The molecule has 2 heterocycles. The highest BCUT2D eigenvalue weighted by Gasteiger charge is 2.18. The Hall–Kier alpha value is -2.28. The third kappa shape index (κ3) is 2.32. The van der Waals surface area contributed by atoms with Crippen molar-refractivity contribution in [1.82, 2.24) is 9.97 Å². The fraction of sp³-hybridized carbons (Fsp3) is 0.333. The smallest absolute Gasteiger partial charge is 0.270 e. The molecule has 1 unspecified atom stereocenters. The maximum absolute atomic E-state index is 10.8. The summed E-state index contributed by atoms with van der Waals surface area (Å²) in [4.78, 5) is 18.7. The van der Waals surface area contributed by atoms with Gasteiger partial charge in [0, 0.05) is 24.1 Å². The fourth-order valence-electron chi connectivity index (χ4n) is 2.11. The number of fused-ring (bicyclic) bond motifs is 1. The minimum atomic E-state index is -0.422. The molecule has 1 aliphatic rings. The monoisotopic (exact) mass is 260 g/mol. The zero-order valence-electron chi connectivity index (χ0n) is 10.1. The number of nitro benzene ring substituents is 1. The van der Waals surface area contributed by atoms with Crippen molar-refractivity contribution in [3.63, 3.8) is 0 Å². The SMILES string of the molecule is O=[N+]([O-])c1ccc2ncnc(NC3CCOC3)c2c1. The summed E-state index contributed by atoms with van der Waals surface area (Å²) in [6, 6.07) is 4.76. The summed E-state index contributed by atoms with van der Waals surface area (Å²) in [5.41, 5.74) is 0.718. The number of nitro groups is 1. The van der Waals surface area contributed by atoms with E-state index in [1.54, 1.807) is 6.07 Å². The number of nitrogens with one attached hydrogen (secondary N) is 1. The van der Waals surface area contributed by atoms with Crippen LogP contribution >= 0.6 is 0 Å². The van der Waals surface area contributed by atoms with Crippen LogP contribution in [0.4, 0.5) is 11.5 Å². The number of rotatable bonds is 3. The second-order valence-corrected chi connectivity index (χ2v) is 4.39. The second-order valence-electron chi connectivity index (χ2n) is 4.39. The number of nitrogens with zero attached hydrogens (tertiary/aromatic N) is 3. The summed E-state index contributed by atoms with van der Waals surface area (Å²) in [5, 5.41) is 14.7. The van der Waals surface area contributed by atoms with E-state index in [9.17, 15) is 10.1 Å². The van der Waals surface area contributed by atoms with E-state index in [-0.39, 0.29) is 11.7 Å². The predicted octanol–water partition coefficient (Wildman–Crippen LogP) is 1.74. The van der Waals surface area contributed by atoms with Crippen molar-refractivity contribution >= 4 is 22.4 Å². The van der Waals surface area contributed by atoms with Gasteiger partial charge in [-0.15, -0.1) is 0 Å². The largest absolute Gasteiger partial charge is 0.379 e. The average molecular weight is 260 g/mol. The molecule has 1 N–H and O–H groups in total. The van der Waals surface area contributed by atoms with E-state index in [2.05, 4.69) is 15.3 Å². The first-order valence-corrected chi connectivity index (χ1v) is 5.97. The maximum atomic E-state index is 10.8. The molecule has 1 aliphatic heterocycles. The summed E-state index contributed by atoms with van der Waals surface area (Å²) in [5.74, 6) is 0.615. The van der Waals surface area contributed by atoms with Crippen molar-refractivity contribution < 1.29 is 9.66 Å². The predicted molar refractivity (Wildman–Crippen MR) is 69.0 cm³/mol. The number of non-ortho nitro benzene ring substituents is 1. The van der Waals surface area contributed by atoms with Crippen LogP contribution in [-0.2, 0) is 4.74 Å². The summed E-state index contributed by atoms with van der Waals surface area (Å²) < 4.78 is 5.29. The standard InChI is InChI=1S/C12H12N4O3/c17-16(18)9-1-2-11-10(5-9)12(14-7-13-11)15-8-3-4-19-6-8/h1-2,5,7-8H,3-4,6H2,(H,13,14,15). The van der Waals surface area contributed by atoms with Gasteiger partial charge in [0.2, 0.25) is 0 Å². The molecule has 19 heavy (non-hydrogen) atoms. The van der Waals surface area contributed by atoms with E-state index < -0.39 is 4.92 Å². The quantitative estimate of drug-likeness (QED) is 0.667. The number of benzene rings is 1. The van der Waals surface area contributed by atoms with Gasteiger partial charge >= 0.3 is 0 Å². The third-order valence-electron chi connectivity index (χ3n) is 3.10. The minimum Gasteiger partial charge on any atom is -0.379 e. The lowest BCUT2D eigenvalue weighted by atomic mass is 10.2. The normalized spacial score (nSPS) is 18.6. The molecule has 1 saturated heterocycles. The average Bonchev–Trinajstić information content (AvgIpc) is 2.91. The van der Waals surface area contributed by atoms with Gasteiger partial charge in [0.05, 0.1) is 23.1 Å². The van der Waals surface area contributed by atoms with Crippen molar-refractivity contribution in [2.24, 2.45) is 0 Å². The number of anilines is 1. The van der Waals surface area contributed by atoms with Crippen LogP contribution in [0.3, 0.4) is 0 Å². The molecule has 0 spiro atoms. The van der Waals surface area contributed by atoms with E-state index in [1.807, 2.05) is 0 Å². The molecule has 98 valence electrons. The van der Waals surface area contributed by atoms with Crippen molar-refractivity contribution in [1.29, 1.82) is 0 Å². The maximum Gasteiger partial charge on any atom is 0.270 e. The van der Waals surface area contributed by atoms with Crippen LogP contribution in [0.2, 0.25) is 0 Å². The van der Waals surface area contributed by atoms with E-state index in [0.717, 1.165) is 13.0 Å². The van der Waals surface area contributed by atoms with Gasteiger partial charge in [0.15, 0.2) is 0 Å². The zero-order valence-corrected chi connectivity index (χ0v) is 10.1. The Morgan fingerprint density at radius 2 is 2.32 bits per heavy atom. The van der Waals surface area contributed by atoms with Gasteiger partial charge in [-0.25, -0.2) is 9.97 Å². The molecule has 1 fully saturated rings. The zero-order chi connectivity index (χ0) is 13.2. The summed E-state index contributed by atoms with van der Waals surface area (Å²) in [7, 11) is 0. The highest BCUT2D eigenvalue weighted by Crippen LogP contribution is 2.25. The fourth-order valence-corrected chi connectivity index (χ4v) is 2.11. The first-order valence-electron chi connectivity index (χ1n) is 5.97. The summed E-state index contributed by atoms with van der Waals surface area (Å²) in [6.07, 6.45) is 2.35. The van der Waals surface area contributed by atoms with Gasteiger partial charge in [-0.05, 0) is 12.5 Å². The molecule has 0 aliphatic carbocycles. The Kier molecular flexibility index (Phi) is 2.96. The van der Waals surface area contributed by atoms with Gasteiger partial charge in [-0.1, -0.05) is 0 Å². The van der Waals surface area contributed by atoms with Crippen LogP contribution in [-0.4, -0.2) is 34.1 Å². The molecule has 7 nitrogen and oxygen atoms in total. The van der Waals surface area contributed by atoms with Gasteiger partial charge in [-0.2, -0.15) is 0 Å². The Balaban J connectivity index is 2.01. The van der Waals surface area contributed by atoms with Gasteiger partial charge < -0.3 is 10.1 Å². The van der Waals surface area contributed by atoms with Crippen LogP contribution in [0.15, 0.2) is 24.5 Å². The highest BCUT2D eigenvalue weighted by atomic mass is 16.6. The molecular weight excluding hydrogens is 248 g/mol. The first kappa shape index (κ1) is 11.8.